The molecule has 0 spiro atoms. The standard InChI is InChI=1S/C13H13N3O/c1-17-13(7-14)12-8-15-16(10-12)9-11-5-3-2-4-6-11/h2-6,8,10,13H,9H2,1H3. The molecule has 2 aromatic rings. The Morgan fingerprint density at radius 3 is 2.82 bits per heavy atom. The van der Waals surface area contributed by atoms with E-state index in [-0.39, 0.29) is 0 Å². The molecule has 4 nitrogen and oxygen atoms in total. The van der Waals surface area contributed by atoms with Crippen LogP contribution in [0.25, 0.3) is 0 Å². The molecule has 0 fully saturated rings. The Balaban J connectivity index is 2.12. The summed E-state index contributed by atoms with van der Waals surface area (Å²) in [6.45, 7) is 0.697. The Bertz CT molecular complexity index is 513. The van der Waals surface area contributed by atoms with E-state index in [1.807, 2.05) is 36.5 Å². The van der Waals surface area contributed by atoms with E-state index in [4.69, 9.17) is 10.00 Å². The molecule has 0 N–H and O–H groups in total. The number of rotatable bonds is 4. The zero-order chi connectivity index (χ0) is 12.1. The molecule has 1 heterocycles. The van der Waals surface area contributed by atoms with E-state index in [0.29, 0.717) is 6.54 Å². The smallest absolute Gasteiger partial charge is 0.171 e. The second-order valence-electron chi connectivity index (χ2n) is 3.70. The first-order chi connectivity index (χ1) is 8.33. The van der Waals surface area contributed by atoms with Gasteiger partial charge >= 0.3 is 0 Å². The lowest BCUT2D eigenvalue weighted by molar-refractivity contribution is 0.148. The van der Waals surface area contributed by atoms with E-state index in [1.54, 1.807) is 10.9 Å². The van der Waals surface area contributed by atoms with Gasteiger partial charge in [0.2, 0.25) is 0 Å². The Morgan fingerprint density at radius 2 is 2.18 bits per heavy atom. The first-order valence-corrected chi connectivity index (χ1v) is 5.32. The molecule has 4 heteroatoms. The largest absolute Gasteiger partial charge is 0.362 e. The number of methoxy groups -OCH3 is 1. The number of ether oxygens (including phenoxy) is 1. The average molecular weight is 227 g/mol. The number of hydrogen-bond acceptors (Lipinski definition) is 3. The third kappa shape index (κ3) is 2.71. The molecule has 0 radical (unpaired) electrons. The first-order valence-electron chi connectivity index (χ1n) is 5.32. The lowest BCUT2D eigenvalue weighted by Crippen LogP contribution is -2.00. The molecule has 17 heavy (non-hydrogen) atoms. The Kier molecular flexibility index (Phi) is 3.53. The van der Waals surface area contributed by atoms with Crippen LogP contribution in [-0.4, -0.2) is 16.9 Å². The molecular weight excluding hydrogens is 214 g/mol. The summed E-state index contributed by atoms with van der Waals surface area (Å²) in [7, 11) is 1.52. The number of nitrogens with zero attached hydrogens (tertiary/aromatic N) is 3. The molecule has 86 valence electrons. The van der Waals surface area contributed by atoms with Crippen molar-refractivity contribution in [3.8, 4) is 6.07 Å². The van der Waals surface area contributed by atoms with E-state index in [2.05, 4.69) is 11.2 Å². The van der Waals surface area contributed by atoms with E-state index in [1.165, 1.54) is 12.7 Å². The van der Waals surface area contributed by atoms with Crippen molar-refractivity contribution in [1.82, 2.24) is 9.78 Å². The van der Waals surface area contributed by atoms with Crippen LogP contribution in [0.5, 0.6) is 0 Å². The summed E-state index contributed by atoms with van der Waals surface area (Å²) in [5, 5.41) is 13.1. The lowest BCUT2D eigenvalue weighted by atomic mass is 10.2. The van der Waals surface area contributed by atoms with Gasteiger partial charge < -0.3 is 4.74 Å². The molecule has 0 saturated carbocycles. The first kappa shape index (κ1) is 11.4. The Hall–Kier alpha value is -2.12. The number of aromatic nitrogens is 2. The highest BCUT2D eigenvalue weighted by molar-refractivity contribution is 5.18. The molecular formula is C13H13N3O. The van der Waals surface area contributed by atoms with Crippen LogP contribution in [-0.2, 0) is 11.3 Å². The van der Waals surface area contributed by atoms with Gasteiger partial charge in [-0.1, -0.05) is 30.3 Å². The van der Waals surface area contributed by atoms with Crippen molar-refractivity contribution >= 4 is 0 Å². The van der Waals surface area contributed by atoms with Crippen molar-refractivity contribution < 1.29 is 4.74 Å². The molecule has 1 unspecified atom stereocenters. The van der Waals surface area contributed by atoms with Crippen LogP contribution in [0.4, 0.5) is 0 Å². The van der Waals surface area contributed by atoms with E-state index in [9.17, 15) is 0 Å². The third-order valence-electron chi connectivity index (χ3n) is 2.50. The zero-order valence-electron chi connectivity index (χ0n) is 9.58. The maximum atomic E-state index is 8.87. The van der Waals surface area contributed by atoms with Crippen LogP contribution < -0.4 is 0 Å². The van der Waals surface area contributed by atoms with E-state index in [0.717, 1.165) is 5.56 Å². The number of nitriles is 1. The molecule has 1 aromatic carbocycles. The summed E-state index contributed by atoms with van der Waals surface area (Å²) in [6.07, 6.45) is 2.96. The minimum absolute atomic E-state index is 0.542. The van der Waals surface area contributed by atoms with Gasteiger partial charge in [-0.3, -0.25) is 4.68 Å². The van der Waals surface area contributed by atoms with Crippen molar-refractivity contribution in [2.24, 2.45) is 0 Å². The maximum absolute atomic E-state index is 8.87. The monoisotopic (exact) mass is 227 g/mol. The average Bonchev–Trinajstić information content (AvgIpc) is 2.81. The van der Waals surface area contributed by atoms with E-state index < -0.39 is 6.10 Å². The molecule has 0 aliphatic carbocycles. The normalized spacial score (nSPS) is 12.0. The molecule has 0 bridgehead atoms. The summed E-state index contributed by atoms with van der Waals surface area (Å²) in [4.78, 5) is 0. The van der Waals surface area contributed by atoms with Crippen LogP contribution in [0.15, 0.2) is 42.7 Å². The van der Waals surface area contributed by atoms with Gasteiger partial charge in [0.05, 0.1) is 18.8 Å². The van der Waals surface area contributed by atoms with Crippen LogP contribution in [0.3, 0.4) is 0 Å². The second kappa shape index (κ2) is 5.28. The zero-order valence-corrected chi connectivity index (χ0v) is 9.58. The predicted octanol–water partition coefficient (Wildman–Crippen LogP) is 2.14. The minimum Gasteiger partial charge on any atom is -0.362 e. The van der Waals surface area contributed by atoms with Crippen molar-refractivity contribution in [3.05, 3.63) is 53.9 Å². The lowest BCUT2D eigenvalue weighted by Gasteiger charge is -2.03. The van der Waals surface area contributed by atoms with Gasteiger partial charge in [0.15, 0.2) is 6.10 Å². The summed E-state index contributed by atoms with van der Waals surface area (Å²) >= 11 is 0. The minimum atomic E-state index is -0.542. The SMILES string of the molecule is COC(C#N)c1cnn(Cc2ccccc2)c1. The van der Waals surface area contributed by atoms with Crippen LogP contribution in [0, 0.1) is 11.3 Å². The van der Waals surface area contributed by atoms with Gasteiger partial charge in [-0.2, -0.15) is 10.4 Å². The fourth-order valence-corrected chi connectivity index (χ4v) is 1.64. The predicted molar refractivity (Wildman–Crippen MR) is 63.1 cm³/mol. The fraction of sp³-hybridized carbons (Fsp3) is 0.231. The molecule has 1 aromatic heterocycles. The quantitative estimate of drug-likeness (QED) is 0.804. The van der Waals surface area contributed by atoms with Crippen LogP contribution in [0.1, 0.15) is 17.2 Å². The molecule has 1 atom stereocenters. The van der Waals surface area contributed by atoms with Crippen LogP contribution in [0.2, 0.25) is 0 Å². The topological polar surface area (TPSA) is 50.8 Å². The second-order valence-corrected chi connectivity index (χ2v) is 3.70. The number of hydrogen-bond donors (Lipinski definition) is 0. The highest BCUT2D eigenvalue weighted by Gasteiger charge is 2.11. The Labute approximate surface area is 100 Å². The summed E-state index contributed by atoms with van der Waals surface area (Å²) in [5.41, 5.74) is 1.96. The fourth-order valence-electron chi connectivity index (χ4n) is 1.64. The molecule has 0 saturated heterocycles. The highest BCUT2D eigenvalue weighted by atomic mass is 16.5. The molecule has 0 aliphatic rings. The van der Waals surface area contributed by atoms with Gasteiger partial charge in [0.1, 0.15) is 0 Å². The maximum Gasteiger partial charge on any atom is 0.171 e. The van der Waals surface area contributed by atoms with E-state index >= 15 is 0 Å². The molecule has 0 amide bonds. The van der Waals surface area contributed by atoms with Crippen molar-refractivity contribution in [2.75, 3.05) is 7.11 Å². The van der Waals surface area contributed by atoms with Gasteiger partial charge in [-0.25, -0.2) is 0 Å². The Morgan fingerprint density at radius 1 is 1.41 bits per heavy atom. The van der Waals surface area contributed by atoms with Gasteiger partial charge in [-0.05, 0) is 5.56 Å². The number of benzene rings is 1. The van der Waals surface area contributed by atoms with Gasteiger partial charge in [0, 0.05) is 18.9 Å². The van der Waals surface area contributed by atoms with Crippen LogP contribution >= 0.6 is 0 Å². The van der Waals surface area contributed by atoms with Gasteiger partial charge in [-0.15, -0.1) is 0 Å². The third-order valence-corrected chi connectivity index (χ3v) is 2.50. The van der Waals surface area contributed by atoms with Crippen molar-refractivity contribution in [2.45, 2.75) is 12.6 Å². The van der Waals surface area contributed by atoms with Crippen molar-refractivity contribution in [1.29, 1.82) is 5.26 Å². The molecule has 0 aliphatic heterocycles. The summed E-state index contributed by atoms with van der Waals surface area (Å²) in [6, 6.07) is 12.1. The summed E-state index contributed by atoms with van der Waals surface area (Å²) in [5.74, 6) is 0. The highest BCUT2D eigenvalue weighted by Crippen LogP contribution is 2.14. The molecule has 2 rings (SSSR count). The van der Waals surface area contributed by atoms with Gasteiger partial charge in [0.25, 0.3) is 0 Å². The summed E-state index contributed by atoms with van der Waals surface area (Å²) < 4.78 is 6.83. The van der Waals surface area contributed by atoms with Crippen molar-refractivity contribution in [3.63, 3.8) is 0 Å².